The van der Waals surface area contributed by atoms with Gasteiger partial charge in [-0.1, -0.05) is 43.3 Å². The maximum absolute atomic E-state index is 5.41. The topological polar surface area (TPSA) is 21.3 Å². The standard InChI is InChI=1S/C18H23NO/c1-4-15-9-5-7-11-17(15)19-14(2)13-16-10-6-8-12-18(16)20-3/h5-12,14,19H,4,13H2,1-3H3. The summed E-state index contributed by atoms with van der Waals surface area (Å²) in [6, 6.07) is 17.1. The molecule has 106 valence electrons. The Balaban J connectivity index is 2.07. The van der Waals surface area contributed by atoms with Crippen LogP contribution in [0.25, 0.3) is 0 Å². The lowest BCUT2D eigenvalue weighted by atomic mass is 10.0. The highest BCUT2D eigenvalue weighted by molar-refractivity contribution is 5.52. The van der Waals surface area contributed by atoms with Crippen LogP contribution in [0, 0.1) is 0 Å². The monoisotopic (exact) mass is 269 g/mol. The number of ether oxygens (including phenoxy) is 1. The largest absolute Gasteiger partial charge is 0.496 e. The molecule has 0 saturated heterocycles. The van der Waals surface area contributed by atoms with Crippen LogP contribution in [0.3, 0.4) is 0 Å². The first kappa shape index (κ1) is 14.4. The van der Waals surface area contributed by atoms with Crippen molar-refractivity contribution in [3.05, 3.63) is 59.7 Å². The van der Waals surface area contributed by atoms with E-state index < -0.39 is 0 Å². The van der Waals surface area contributed by atoms with Gasteiger partial charge >= 0.3 is 0 Å². The second kappa shape index (κ2) is 6.99. The number of rotatable bonds is 6. The quantitative estimate of drug-likeness (QED) is 0.844. The van der Waals surface area contributed by atoms with Crippen LogP contribution in [0.2, 0.25) is 0 Å². The number of benzene rings is 2. The normalized spacial score (nSPS) is 11.9. The Bertz CT molecular complexity index is 501. The fourth-order valence-corrected chi connectivity index (χ4v) is 2.49. The number of anilines is 1. The third-order valence-corrected chi connectivity index (χ3v) is 3.52. The predicted molar refractivity (Wildman–Crippen MR) is 85.6 cm³/mol. The lowest BCUT2D eigenvalue weighted by Gasteiger charge is -2.19. The summed E-state index contributed by atoms with van der Waals surface area (Å²) in [5.74, 6) is 0.963. The smallest absolute Gasteiger partial charge is 0.122 e. The molecule has 0 saturated carbocycles. The number of hydrogen-bond donors (Lipinski definition) is 1. The lowest BCUT2D eigenvalue weighted by Crippen LogP contribution is -2.19. The van der Waals surface area contributed by atoms with E-state index >= 15 is 0 Å². The molecule has 0 bridgehead atoms. The molecule has 2 aromatic rings. The summed E-state index contributed by atoms with van der Waals surface area (Å²) in [7, 11) is 1.73. The van der Waals surface area contributed by atoms with Crippen LogP contribution < -0.4 is 10.1 Å². The van der Waals surface area contributed by atoms with Gasteiger partial charge in [0.15, 0.2) is 0 Å². The van der Waals surface area contributed by atoms with Crippen molar-refractivity contribution in [1.82, 2.24) is 0 Å². The number of para-hydroxylation sites is 2. The maximum atomic E-state index is 5.41. The summed E-state index contributed by atoms with van der Waals surface area (Å²) in [4.78, 5) is 0. The van der Waals surface area contributed by atoms with Crippen molar-refractivity contribution in [2.75, 3.05) is 12.4 Å². The number of hydrogen-bond acceptors (Lipinski definition) is 2. The van der Waals surface area contributed by atoms with Gasteiger partial charge in [-0.3, -0.25) is 0 Å². The molecular formula is C18H23NO. The summed E-state index contributed by atoms with van der Waals surface area (Å²) in [5, 5.41) is 3.61. The molecule has 0 aromatic heterocycles. The van der Waals surface area contributed by atoms with Crippen molar-refractivity contribution in [2.45, 2.75) is 32.7 Å². The Morgan fingerprint density at radius 2 is 1.65 bits per heavy atom. The third-order valence-electron chi connectivity index (χ3n) is 3.52. The molecule has 0 aliphatic heterocycles. The molecule has 1 atom stereocenters. The van der Waals surface area contributed by atoms with Gasteiger partial charge in [0.25, 0.3) is 0 Å². The molecule has 0 aliphatic carbocycles. The number of nitrogens with one attached hydrogen (secondary N) is 1. The maximum Gasteiger partial charge on any atom is 0.122 e. The number of aryl methyl sites for hydroxylation is 1. The molecular weight excluding hydrogens is 246 g/mol. The molecule has 0 fully saturated rings. The second-order valence-corrected chi connectivity index (χ2v) is 5.07. The highest BCUT2D eigenvalue weighted by atomic mass is 16.5. The minimum atomic E-state index is 0.360. The Kier molecular flexibility index (Phi) is 5.05. The first-order chi connectivity index (χ1) is 9.74. The predicted octanol–water partition coefficient (Wildman–Crippen LogP) is 4.30. The van der Waals surface area contributed by atoms with Crippen molar-refractivity contribution >= 4 is 5.69 Å². The molecule has 0 radical (unpaired) electrons. The SMILES string of the molecule is CCc1ccccc1NC(C)Cc1ccccc1OC. The van der Waals surface area contributed by atoms with E-state index in [-0.39, 0.29) is 0 Å². The van der Waals surface area contributed by atoms with Crippen molar-refractivity contribution in [3.8, 4) is 5.75 Å². The Morgan fingerprint density at radius 1 is 1.00 bits per heavy atom. The molecule has 2 aromatic carbocycles. The van der Waals surface area contributed by atoms with Gasteiger partial charge in [-0.2, -0.15) is 0 Å². The summed E-state index contributed by atoms with van der Waals surface area (Å²) < 4.78 is 5.41. The van der Waals surface area contributed by atoms with E-state index in [0.29, 0.717) is 6.04 Å². The average molecular weight is 269 g/mol. The molecule has 2 heteroatoms. The van der Waals surface area contributed by atoms with E-state index in [4.69, 9.17) is 4.74 Å². The van der Waals surface area contributed by atoms with Gasteiger partial charge in [0.05, 0.1) is 7.11 Å². The number of methoxy groups -OCH3 is 1. The molecule has 0 spiro atoms. The van der Waals surface area contributed by atoms with Crippen molar-refractivity contribution in [3.63, 3.8) is 0 Å². The van der Waals surface area contributed by atoms with Crippen LogP contribution >= 0.6 is 0 Å². The van der Waals surface area contributed by atoms with Crippen LogP contribution in [0.1, 0.15) is 25.0 Å². The fourth-order valence-electron chi connectivity index (χ4n) is 2.49. The van der Waals surface area contributed by atoms with E-state index in [0.717, 1.165) is 18.6 Å². The van der Waals surface area contributed by atoms with Gasteiger partial charge < -0.3 is 10.1 Å². The van der Waals surface area contributed by atoms with Crippen LogP contribution in [-0.4, -0.2) is 13.2 Å². The van der Waals surface area contributed by atoms with Gasteiger partial charge in [-0.15, -0.1) is 0 Å². The lowest BCUT2D eigenvalue weighted by molar-refractivity contribution is 0.409. The summed E-state index contributed by atoms with van der Waals surface area (Å²) in [6.45, 7) is 4.39. The van der Waals surface area contributed by atoms with Crippen molar-refractivity contribution in [1.29, 1.82) is 0 Å². The molecule has 0 amide bonds. The van der Waals surface area contributed by atoms with Gasteiger partial charge in [0.2, 0.25) is 0 Å². The van der Waals surface area contributed by atoms with Gasteiger partial charge in [0, 0.05) is 11.7 Å². The van der Waals surface area contributed by atoms with Gasteiger partial charge in [-0.05, 0) is 43.0 Å². The van der Waals surface area contributed by atoms with Crippen LogP contribution in [0.4, 0.5) is 5.69 Å². The fraction of sp³-hybridized carbons (Fsp3) is 0.333. The molecule has 20 heavy (non-hydrogen) atoms. The molecule has 2 nitrogen and oxygen atoms in total. The highest BCUT2D eigenvalue weighted by Crippen LogP contribution is 2.21. The van der Waals surface area contributed by atoms with E-state index in [2.05, 4.69) is 55.6 Å². The summed E-state index contributed by atoms with van der Waals surface area (Å²) in [5.41, 5.74) is 3.83. The zero-order chi connectivity index (χ0) is 14.4. The Labute approximate surface area is 121 Å². The average Bonchev–Trinajstić information content (AvgIpc) is 2.48. The zero-order valence-electron chi connectivity index (χ0n) is 12.5. The Hall–Kier alpha value is -1.96. The van der Waals surface area contributed by atoms with Crippen LogP contribution in [0.5, 0.6) is 5.75 Å². The van der Waals surface area contributed by atoms with Crippen molar-refractivity contribution in [2.24, 2.45) is 0 Å². The second-order valence-electron chi connectivity index (χ2n) is 5.07. The molecule has 1 unspecified atom stereocenters. The highest BCUT2D eigenvalue weighted by Gasteiger charge is 2.09. The third kappa shape index (κ3) is 3.53. The molecule has 0 aliphatic rings. The van der Waals surface area contributed by atoms with Crippen LogP contribution in [0.15, 0.2) is 48.5 Å². The minimum Gasteiger partial charge on any atom is -0.496 e. The van der Waals surface area contributed by atoms with Gasteiger partial charge in [0.1, 0.15) is 5.75 Å². The first-order valence-electron chi connectivity index (χ1n) is 7.21. The molecule has 1 N–H and O–H groups in total. The van der Waals surface area contributed by atoms with E-state index in [1.165, 1.54) is 16.8 Å². The van der Waals surface area contributed by atoms with Crippen LogP contribution in [-0.2, 0) is 12.8 Å². The van der Waals surface area contributed by atoms with Gasteiger partial charge in [-0.25, -0.2) is 0 Å². The summed E-state index contributed by atoms with van der Waals surface area (Å²) >= 11 is 0. The van der Waals surface area contributed by atoms with E-state index in [1.807, 2.05) is 12.1 Å². The molecule has 0 heterocycles. The first-order valence-corrected chi connectivity index (χ1v) is 7.21. The van der Waals surface area contributed by atoms with Crippen molar-refractivity contribution < 1.29 is 4.74 Å². The van der Waals surface area contributed by atoms with E-state index in [1.54, 1.807) is 7.11 Å². The zero-order valence-corrected chi connectivity index (χ0v) is 12.5. The van der Waals surface area contributed by atoms with E-state index in [9.17, 15) is 0 Å². The Morgan fingerprint density at radius 3 is 2.35 bits per heavy atom. The molecule has 2 rings (SSSR count). The minimum absolute atomic E-state index is 0.360. The summed E-state index contributed by atoms with van der Waals surface area (Å²) in [6.07, 6.45) is 1.99.